The molecule has 0 fully saturated rings. The molecule has 0 aliphatic rings. The van der Waals surface area contributed by atoms with Gasteiger partial charge in [-0.25, -0.2) is 0 Å². The first-order valence-corrected chi connectivity index (χ1v) is 8.68. The fraction of sp³-hybridized carbons (Fsp3) is 1.00. The molecule has 0 bridgehead atoms. The van der Waals surface area contributed by atoms with Crippen molar-refractivity contribution in [3.8, 4) is 0 Å². The summed E-state index contributed by atoms with van der Waals surface area (Å²) in [5.74, 6) is 2.03. The Balaban J connectivity index is 3.67. The molecule has 0 heterocycles. The average molecular weight is 240 g/mol. The normalized spacial score (nSPS) is 15.6. The molecule has 80 valence electrons. The summed E-state index contributed by atoms with van der Waals surface area (Å²) in [6, 6.07) is 0. The third kappa shape index (κ3) is 6.86. The van der Waals surface area contributed by atoms with Crippen LogP contribution in [0.15, 0.2) is 0 Å². The molecule has 0 N–H and O–H groups in total. The number of hydrogen-bond acceptors (Lipinski definition) is 3. The molecule has 0 aromatic carbocycles. The maximum atomic E-state index is 11.6. The standard InChI is InChI=1S/C9H20OS3/c1-4-7-11-12-9(6-3)13(10)8-5-2/h9H,4-8H2,1-3H3. The van der Waals surface area contributed by atoms with E-state index in [0.717, 1.165) is 18.6 Å². The minimum atomic E-state index is -0.619. The van der Waals surface area contributed by atoms with Crippen LogP contribution in [-0.4, -0.2) is 20.3 Å². The fourth-order valence-corrected chi connectivity index (χ4v) is 6.01. The first-order chi connectivity index (χ1) is 6.26. The fourth-order valence-electron chi connectivity index (χ4n) is 0.838. The Labute approximate surface area is 92.7 Å². The lowest BCUT2D eigenvalue weighted by atomic mass is 10.6. The molecule has 1 nitrogen and oxygen atoms in total. The van der Waals surface area contributed by atoms with Gasteiger partial charge >= 0.3 is 0 Å². The molecule has 2 unspecified atom stereocenters. The Bertz CT molecular complexity index is 139. The van der Waals surface area contributed by atoms with Gasteiger partial charge in [0.25, 0.3) is 0 Å². The van der Waals surface area contributed by atoms with Crippen molar-refractivity contribution >= 4 is 32.4 Å². The molecule has 0 aliphatic carbocycles. The Morgan fingerprint density at radius 1 is 1.23 bits per heavy atom. The van der Waals surface area contributed by atoms with Gasteiger partial charge in [-0.05, 0) is 19.3 Å². The molecule has 0 amide bonds. The van der Waals surface area contributed by atoms with Crippen molar-refractivity contribution in [1.29, 1.82) is 0 Å². The van der Waals surface area contributed by atoms with Crippen LogP contribution in [0.5, 0.6) is 0 Å². The van der Waals surface area contributed by atoms with Gasteiger partial charge in [-0.15, -0.1) is 0 Å². The van der Waals surface area contributed by atoms with Crippen LogP contribution < -0.4 is 0 Å². The Morgan fingerprint density at radius 2 is 1.92 bits per heavy atom. The molecule has 0 rings (SSSR count). The van der Waals surface area contributed by atoms with E-state index < -0.39 is 10.8 Å². The van der Waals surface area contributed by atoms with E-state index in [1.165, 1.54) is 12.2 Å². The molecule has 0 aromatic rings. The van der Waals surface area contributed by atoms with Crippen molar-refractivity contribution in [2.45, 2.75) is 44.6 Å². The molecular weight excluding hydrogens is 220 g/mol. The highest BCUT2D eigenvalue weighted by molar-refractivity contribution is 8.78. The zero-order valence-electron chi connectivity index (χ0n) is 8.75. The monoisotopic (exact) mass is 240 g/mol. The van der Waals surface area contributed by atoms with E-state index in [2.05, 4.69) is 20.8 Å². The van der Waals surface area contributed by atoms with E-state index in [9.17, 15) is 4.21 Å². The van der Waals surface area contributed by atoms with Crippen LogP contribution in [0.1, 0.15) is 40.0 Å². The van der Waals surface area contributed by atoms with Crippen LogP contribution in [0.4, 0.5) is 0 Å². The minimum absolute atomic E-state index is 0.344. The van der Waals surface area contributed by atoms with Gasteiger partial charge in [-0.2, -0.15) is 0 Å². The van der Waals surface area contributed by atoms with Crippen LogP contribution >= 0.6 is 21.6 Å². The maximum absolute atomic E-state index is 11.6. The molecule has 0 aliphatic heterocycles. The molecular formula is C9H20OS3. The van der Waals surface area contributed by atoms with Gasteiger partial charge in [0, 0.05) is 22.3 Å². The summed E-state index contributed by atoms with van der Waals surface area (Å²) >= 11 is 0. The van der Waals surface area contributed by atoms with Gasteiger partial charge in [0.1, 0.15) is 0 Å². The van der Waals surface area contributed by atoms with Gasteiger partial charge in [0.15, 0.2) is 0 Å². The van der Waals surface area contributed by atoms with Crippen molar-refractivity contribution in [3.63, 3.8) is 0 Å². The van der Waals surface area contributed by atoms with E-state index in [4.69, 9.17) is 0 Å². The zero-order chi connectivity index (χ0) is 10.1. The smallest absolute Gasteiger partial charge is 0.0902 e. The van der Waals surface area contributed by atoms with E-state index in [1.807, 2.05) is 21.6 Å². The highest BCUT2D eigenvalue weighted by Gasteiger charge is 2.13. The first kappa shape index (κ1) is 13.8. The Hall–Kier alpha value is 0.850. The highest BCUT2D eigenvalue weighted by atomic mass is 33.1. The zero-order valence-corrected chi connectivity index (χ0v) is 11.2. The predicted octanol–water partition coefficient (Wildman–Crippen LogP) is 3.67. The van der Waals surface area contributed by atoms with Gasteiger partial charge in [0.2, 0.25) is 0 Å². The van der Waals surface area contributed by atoms with Gasteiger partial charge in [-0.3, -0.25) is 4.21 Å². The topological polar surface area (TPSA) is 17.1 Å². The van der Waals surface area contributed by atoms with Crippen molar-refractivity contribution in [2.24, 2.45) is 0 Å². The third-order valence-corrected chi connectivity index (χ3v) is 7.39. The summed E-state index contributed by atoms with van der Waals surface area (Å²) in [6.07, 6.45) is 3.25. The lowest BCUT2D eigenvalue weighted by Crippen LogP contribution is -2.11. The second-order valence-electron chi connectivity index (χ2n) is 2.84. The molecule has 0 aromatic heterocycles. The lowest BCUT2D eigenvalue weighted by Gasteiger charge is -2.12. The van der Waals surface area contributed by atoms with Crippen molar-refractivity contribution < 1.29 is 4.21 Å². The predicted molar refractivity (Wildman–Crippen MR) is 67.7 cm³/mol. The summed E-state index contributed by atoms with van der Waals surface area (Å²) in [7, 11) is 3.06. The summed E-state index contributed by atoms with van der Waals surface area (Å²) in [6.45, 7) is 6.39. The van der Waals surface area contributed by atoms with E-state index in [-0.39, 0.29) is 0 Å². The molecule has 0 radical (unpaired) electrons. The molecule has 4 heteroatoms. The molecule has 2 atom stereocenters. The van der Waals surface area contributed by atoms with E-state index in [0.29, 0.717) is 4.58 Å². The average Bonchev–Trinajstić information content (AvgIpc) is 2.13. The molecule has 0 saturated heterocycles. The first-order valence-electron chi connectivity index (χ1n) is 4.91. The summed E-state index contributed by atoms with van der Waals surface area (Å²) in [4.78, 5) is 0. The highest BCUT2D eigenvalue weighted by Crippen LogP contribution is 2.31. The summed E-state index contributed by atoms with van der Waals surface area (Å²) in [5.41, 5.74) is 0. The number of rotatable bonds is 8. The maximum Gasteiger partial charge on any atom is 0.0902 e. The Kier molecular flexibility index (Phi) is 10.0. The third-order valence-electron chi connectivity index (χ3n) is 1.49. The van der Waals surface area contributed by atoms with Crippen LogP contribution in [0.2, 0.25) is 0 Å². The summed E-state index contributed by atoms with van der Waals surface area (Å²) < 4.78 is 12.0. The van der Waals surface area contributed by atoms with E-state index >= 15 is 0 Å². The summed E-state index contributed by atoms with van der Waals surface area (Å²) in [5, 5.41) is 0. The second-order valence-corrected chi connectivity index (χ2v) is 7.57. The second kappa shape index (κ2) is 9.41. The van der Waals surface area contributed by atoms with Crippen LogP contribution in [0.25, 0.3) is 0 Å². The quantitative estimate of drug-likeness (QED) is 0.476. The minimum Gasteiger partial charge on any atom is -0.258 e. The van der Waals surface area contributed by atoms with Crippen LogP contribution in [0.3, 0.4) is 0 Å². The number of hydrogen-bond donors (Lipinski definition) is 0. The largest absolute Gasteiger partial charge is 0.258 e. The van der Waals surface area contributed by atoms with Crippen molar-refractivity contribution in [3.05, 3.63) is 0 Å². The van der Waals surface area contributed by atoms with E-state index in [1.54, 1.807) is 0 Å². The SMILES string of the molecule is CCCSSC(CC)S(=O)CCC. The lowest BCUT2D eigenvalue weighted by molar-refractivity contribution is 0.678. The van der Waals surface area contributed by atoms with Crippen molar-refractivity contribution in [2.75, 3.05) is 11.5 Å². The molecule has 0 saturated carbocycles. The van der Waals surface area contributed by atoms with Crippen LogP contribution in [-0.2, 0) is 10.8 Å². The van der Waals surface area contributed by atoms with Gasteiger partial charge in [0.05, 0.1) is 4.58 Å². The molecule has 0 spiro atoms. The molecule has 13 heavy (non-hydrogen) atoms. The van der Waals surface area contributed by atoms with Crippen LogP contribution in [0, 0.1) is 0 Å². The van der Waals surface area contributed by atoms with Crippen molar-refractivity contribution in [1.82, 2.24) is 0 Å². The van der Waals surface area contributed by atoms with Gasteiger partial charge in [-0.1, -0.05) is 42.4 Å². The van der Waals surface area contributed by atoms with Gasteiger partial charge < -0.3 is 0 Å². The Morgan fingerprint density at radius 3 is 2.38 bits per heavy atom.